The summed E-state index contributed by atoms with van der Waals surface area (Å²) in [6.07, 6.45) is 12.7. The number of aliphatic hydroxyl groups is 1. The van der Waals surface area contributed by atoms with Gasteiger partial charge in [-0.2, -0.15) is 5.10 Å². The largest absolute Gasteiger partial charge is 0.393 e. The van der Waals surface area contributed by atoms with Crippen LogP contribution < -0.4 is 0 Å². The maximum Gasteiger partial charge on any atom is 0.159 e. The number of hydrogen-bond acceptors (Lipinski definition) is 3. The SMILES string of the molecule is Cc1nn(C)cc1C=C1CC2(C)C(CCC3C4CCC(O)C4(C)CCC32)CC1=O. The molecule has 4 aliphatic rings. The molecule has 5 rings (SSSR count). The minimum Gasteiger partial charge on any atom is -0.393 e. The van der Waals surface area contributed by atoms with Gasteiger partial charge in [0.25, 0.3) is 0 Å². The van der Waals surface area contributed by atoms with E-state index in [4.69, 9.17) is 0 Å². The molecule has 0 bridgehead atoms. The van der Waals surface area contributed by atoms with Crippen molar-refractivity contribution in [3.8, 4) is 0 Å². The summed E-state index contributed by atoms with van der Waals surface area (Å²) >= 11 is 0. The molecule has 0 radical (unpaired) electrons. The second-order valence-corrected chi connectivity index (χ2v) is 11.1. The molecule has 1 aromatic heterocycles. The average molecular weight is 397 g/mol. The van der Waals surface area contributed by atoms with Gasteiger partial charge in [-0.15, -0.1) is 0 Å². The number of carbonyl (C=O) groups is 1. The van der Waals surface area contributed by atoms with Crippen molar-refractivity contribution in [1.29, 1.82) is 0 Å². The van der Waals surface area contributed by atoms with Crippen LogP contribution in [0.2, 0.25) is 0 Å². The molecular formula is C25H36N2O2. The molecule has 0 aromatic carbocycles. The highest BCUT2D eigenvalue weighted by Crippen LogP contribution is 2.66. The van der Waals surface area contributed by atoms with E-state index in [1.807, 2.05) is 24.9 Å². The van der Waals surface area contributed by atoms with Gasteiger partial charge in [0.1, 0.15) is 0 Å². The molecule has 0 amide bonds. The molecule has 4 aliphatic carbocycles. The van der Waals surface area contributed by atoms with Crippen LogP contribution in [0.4, 0.5) is 0 Å². The summed E-state index contributed by atoms with van der Waals surface area (Å²) in [6, 6.07) is 0. The fourth-order valence-corrected chi connectivity index (χ4v) is 8.06. The van der Waals surface area contributed by atoms with Crippen molar-refractivity contribution < 1.29 is 9.90 Å². The fourth-order valence-electron chi connectivity index (χ4n) is 8.06. The molecule has 29 heavy (non-hydrogen) atoms. The Hall–Kier alpha value is -1.42. The molecule has 1 aromatic rings. The van der Waals surface area contributed by atoms with Crippen molar-refractivity contribution in [2.45, 2.75) is 78.2 Å². The Morgan fingerprint density at radius 3 is 2.62 bits per heavy atom. The van der Waals surface area contributed by atoms with E-state index in [2.05, 4.69) is 25.0 Å². The first kappa shape index (κ1) is 19.5. The predicted molar refractivity (Wildman–Crippen MR) is 114 cm³/mol. The van der Waals surface area contributed by atoms with Gasteiger partial charge in [-0.25, -0.2) is 0 Å². The van der Waals surface area contributed by atoms with Crippen LogP contribution in [0.1, 0.15) is 76.5 Å². The zero-order chi connectivity index (χ0) is 20.6. The molecule has 4 heteroatoms. The number of allylic oxidation sites excluding steroid dienone is 1. The molecule has 158 valence electrons. The zero-order valence-corrected chi connectivity index (χ0v) is 18.4. The predicted octanol–water partition coefficient (Wildman–Crippen LogP) is 4.69. The number of fused-ring (bicyclic) bond motifs is 5. The van der Waals surface area contributed by atoms with Gasteiger partial charge in [0.2, 0.25) is 0 Å². The molecule has 7 atom stereocenters. The van der Waals surface area contributed by atoms with E-state index < -0.39 is 0 Å². The number of carbonyl (C=O) groups excluding carboxylic acids is 1. The van der Waals surface area contributed by atoms with Gasteiger partial charge in [-0.05, 0) is 98.0 Å². The number of aryl methyl sites for hydroxylation is 2. The molecule has 4 fully saturated rings. The lowest BCUT2D eigenvalue weighted by Gasteiger charge is -2.60. The summed E-state index contributed by atoms with van der Waals surface area (Å²) in [5.74, 6) is 2.96. The van der Waals surface area contributed by atoms with Crippen molar-refractivity contribution in [2.75, 3.05) is 0 Å². The number of aliphatic hydroxyl groups excluding tert-OH is 1. The zero-order valence-electron chi connectivity index (χ0n) is 18.4. The molecular weight excluding hydrogens is 360 g/mol. The number of rotatable bonds is 1. The topological polar surface area (TPSA) is 55.1 Å². The highest BCUT2D eigenvalue weighted by molar-refractivity contribution is 6.00. The first-order valence-corrected chi connectivity index (χ1v) is 11.6. The number of aromatic nitrogens is 2. The molecule has 7 unspecified atom stereocenters. The summed E-state index contributed by atoms with van der Waals surface area (Å²) in [6.45, 7) is 6.86. The van der Waals surface area contributed by atoms with Crippen LogP contribution in [0.3, 0.4) is 0 Å². The van der Waals surface area contributed by atoms with Gasteiger partial charge >= 0.3 is 0 Å². The second kappa shape index (κ2) is 6.54. The summed E-state index contributed by atoms with van der Waals surface area (Å²) in [5.41, 5.74) is 3.43. The quantitative estimate of drug-likeness (QED) is 0.701. The van der Waals surface area contributed by atoms with Gasteiger partial charge < -0.3 is 5.11 Å². The summed E-state index contributed by atoms with van der Waals surface area (Å²) in [7, 11) is 1.94. The van der Waals surface area contributed by atoms with Crippen molar-refractivity contribution in [1.82, 2.24) is 9.78 Å². The third-order valence-electron chi connectivity index (χ3n) is 9.76. The Morgan fingerprint density at radius 2 is 1.90 bits per heavy atom. The maximum atomic E-state index is 13.0. The number of ketones is 1. The van der Waals surface area contributed by atoms with Crippen molar-refractivity contribution in [3.05, 3.63) is 23.0 Å². The first-order chi connectivity index (χ1) is 13.7. The highest BCUT2D eigenvalue weighted by atomic mass is 16.3. The van der Waals surface area contributed by atoms with E-state index in [1.54, 1.807) is 0 Å². The molecule has 0 spiro atoms. The Balaban J connectivity index is 1.47. The second-order valence-electron chi connectivity index (χ2n) is 11.1. The van der Waals surface area contributed by atoms with Crippen LogP contribution in [-0.4, -0.2) is 26.8 Å². The van der Waals surface area contributed by atoms with E-state index in [-0.39, 0.29) is 16.9 Å². The Bertz CT molecular complexity index is 870. The normalized spacial score (nSPS) is 45.8. The fraction of sp³-hybridized carbons (Fsp3) is 0.760. The molecule has 1 heterocycles. The van der Waals surface area contributed by atoms with Crippen molar-refractivity contribution >= 4 is 11.9 Å². The summed E-state index contributed by atoms with van der Waals surface area (Å²) in [4.78, 5) is 13.0. The number of Topliss-reactive ketones (excluding diaryl/α,β-unsaturated/α-hetero) is 1. The third-order valence-corrected chi connectivity index (χ3v) is 9.76. The van der Waals surface area contributed by atoms with E-state index in [0.29, 0.717) is 23.5 Å². The van der Waals surface area contributed by atoms with E-state index >= 15 is 0 Å². The van der Waals surface area contributed by atoms with Crippen LogP contribution >= 0.6 is 0 Å². The van der Waals surface area contributed by atoms with E-state index in [1.165, 1.54) is 25.7 Å². The summed E-state index contributed by atoms with van der Waals surface area (Å²) in [5, 5.41) is 15.1. The van der Waals surface area contributed by atoms with E-state index in [9.17, 15) is 9.90 Å². The van der Waals surface area contributed by atoms with Gasteiger partial charge in [0.05, 0.1) is 11.8 Å². The number of nitrogens with zero attached hydrogens (tertiary/aromatic N) is 2. The number of hydrogen-bond donors (Lipinski definition) is 1. The van der Waals surface area contributed by atoms with Gasteiger partial charge in [0, 0.05) is 25.2 Å². The minimum atomic E-state index is -0.115. The van der Waals surface area contributed by atoms with Crippen molar-refractivity contribution in [3.63, 3.8) is 0 Å². The van der Waals surface area contributed by atoms with Gasteiger partial charge in [0.15, 0.2) is 5.78 Å². The minimum absolute atomic E-state index is 0.115. The lowest BCUT2D eigenvalue weighted by atomic mass is 9.45. The van der Waals surface area contributed by atoms with Crippen LogP contribution in [0.5, 0.6) is 0 Å². The van der Waals surface area contributed by atoms with Crippen LogP contribution in [0, 0.1) is 41.4 Å². The molecule has 0 aliphatic heterocycles. The maximum absolute atomic E-state index is 13.0. The van der Waals surface area contributed by atoms with Crippen LogP contribution in [0.15, 0.2) is 11.8 Å². The van der Waals surface area contributed by atoms with Crippen molar-refractivity contribution in [2.24, 2.45) is 41.5 Å². The third kappa shape index (κ3) is 2.81. The highest BCUT2D eigenvalue weighted by Gasteiger charge is 2.60. The standard InChI is InChI=1S/C25H36N2O2/c1-15-17(14-27(4)26-15)11-16-13-25(3)18(12-22(16)28)5-6-19-20-7-8-23(29)24(20,2)10-9-21(19)25/h11,14,18-21,23,29H,5-10,12-13H2,1-4H3. The average Bonchev–Trinajstić information content (AvgIpc) is 3.14. The lowest BCUT2D eigenvalue weighted by molar-refractivity contribution is -0.134. The molecule has 4 nitrogen and oxygen atoms in total. The Labute approximate surface area is 174 Å². The van der Waals surface area contributed by atoms with E-state index in [0.717, 1.165) is 48.4 Å². The molecule has 1 N–H and O–H groups in total. The van der Waals surface area contributed by atoms with Gasteiger partial charge in [-0.3, -0.25) is 9.48 Å². The van der Waals surface area contributed by atoms with Crippen LogP contribution in [0.25, 0.3) is 6.08 Å². The molecule has 4 saturated carbocycles. The van der Waals surface area contributed by atoms with Gasteiger partial charge in [-0.1, -0.05) is 13.8 Å². The lowest BCUT2D eigenvalue weighted by Crippen LogP contribution is -2.54. The van der Waals surface area contributed by atoms with Crippen LogP contribution in [-0.2, 0) is 11.8 Å². The molecule has 0 saturated heterocycles. The summed E-state index contributed by atoms with van der Waals surface area (Å²) < 4.78 is 1.84. The monoisotopic (exact) mass is 396 g/mol. The first-order valence-electron chi connectivity index (χ1n) is 11.6. The Kier molecular flexibility index (Phi) is 4.40. The Morgan fingerprint density at radius 1 is 1.14 bits per heavy atom. The smallest absolute Gasteiger partial charge is 0.159 e.